The van der Waals surface area contributed by atoms with Crippen molar-refractivity contribution in [2.45, 2.75) is 6.54 Å². The zero-order valence-corrected chi connectivity index (χ0v) is 12.7. The molecule has 3 rings (SSSR count). The van der Waals surface area contributed by atoms with E-state index in [4.69, 9.17) is 4.74 Å². The average molecular weight is 309 g/mol. The minimum absolute atomic E-state index is 0.105. The van der Waals surface area contributed by atoms with Gasteiger partial charge in [-0.1, -0.05) is 30.3 Å². The number of para-hydroxylation sites is 1. The van der Waals surface area contributed by atoms with Gasteiger partial charge in [-0.05, 0) is 41.8 Å². The molecule has 0 atom stereocenters. The topological polar surface area (TPSA) is 38.3 Å². The van der Waals surface area contributed by atoms with Crippen molar-refractivity contribution in [3.63, 3.8) is 0 Å². The van der Waals surface area contributed by atoms with Gasteiger partial charge in [0.2, 0.25) is 0 Å². The fourth-order valence-corrected chi connectivity index (χ4v) is 2.65. The van der Waals surface area contributed by atoms with E-state index in [1.54, 1.807) is 23.5 Å². The van der Waals surface area contributed by atoms with Crippen molar-refractivity contribution in [3.8, 4) is 11.5 Å². The lowest BCUT2D eigenvalue weighted by molar-refractivity contribution is 0.0951. The van der Waals surface area contributed by atoms with Crippen LogP contribution in [0.3, 0.4) is 0 Å². The number of carbonyl (C=O) groups excluding carboxylic acids is 1. The molecule has 1 heterocycles. The number of rotatable bonds is 5. The van der Waals surface area contributed by atoms with Crippen molar-refractivity contribution >= 4 is 17.2 Å². The van der Waals surface area contributed by atoms with Gasteiger partial charge in [0.15, 0.2) is 0 Å². The Balaban J connectivity index is 1.66. The van der Waals surface area contributed by atoms with Gasteiger partial charge in [-0.3, -0.25) is 4.79 Å². The van der Waals surface area contributed by atoms with Crippen LogP contribution in [0.1, 0.15) is 15.2 Å². The monoisotopic (exact) mass is 309 g/mol. The van der Waals surface area contributed by atoms with E-state index in [1.165, 1.54) is 0 Å². The molecule has 1 amide bonds. The van der Waals surface area contributed by atoms with E-state index < -0.39 is 0 Å². The van der Waals surface area contributed by atoms with Crippen molar-refractivity contribution in [3.05, 3.63) is 82.6 Å². The van der Waals surface area contributed by atoms with E-state index in [0.29, 0.717) is 17.9 Å². The van der Waals surface area contributed by atoms with Crippen molar-refractivity contribution in [2.75, 3.05) is 0 Å². The molecule has 22 heavy (non-hydrogen) atoms. The predicted octanol–water partition coefficient (Wildman–Crippen LogP) is 4.47. The number of nitrogens with one attached hydrogen (secondary N) is 1. The number of hydrogen-bond acceptors (Lipinski definition) is 3. The van der Waals surface area contributed by atoms with E-state index in [0.717, 1.165) is 10.6 Å². The minimum atomic E-state index is -0.105. The molecule has 0 saturated heterocycles. The van der Waals surface area contributed by atoms with Crippen molar-refractivity contribution in [2.24, 2.45) is 0 Å². The van der Waals surface area contributed by atoms with Gasteiger partial charge in [0.05, 0.1) is 6.54 Å². The molecule has 0 aliphatic heterocycles. The summed E-state index contributed by atoms with van der Waals surface area (Å²) in [6.45, 7) is 0.542. The first kappa shape index (κ1) is 14.4. The molecular formula is C18H15NO2S. The van der Waals surface area contributed by atoms with Gasteiger partial charge in [-0.25, -0.2) is 0 Å². The average Bonchev–Trinajstić information content (AvgIpc) is 3.07. The largest absolute Gasteiger partial charge is 0.457 e. The fourth-order valence-electron chi connectivity index (χ4n) is 2.01. The number of amides is 1. The molecule has 110 valence electrons. The lowest BCUT2D eigenvalue weighted by atomic mass is 10.2. The van der Waals surface area contributed by atoms with Crippen LogP contribution in [-0.4, -0.2) is 5.91 Å². The van der Waals surface area contributed by atoms with Crippen LogP contribution in [0.4, 0.5) is 0 Å². The first-order valence-electron chi connectivity index (χ1n) is 6.95. The third kappa shape index (κ3) is 3.74. The molecule has 3 nitrogen and oxygen atoms in total. The Morgan fingerprint density at radius 3 is 2.55 bits per heavy atom. The smallest absolute Gasteiger partial charge is 0.251 e. The third-order valence-electron chi connectivity index (χ3n) is 3.08. The number of hydrogen-bond donors (Lipinski definition) is 1. The van der Waals surface area contributed by atoms with Crippen LogP contribution in [0.2, 0.25) is 0 Å². The summed E-state index contributed by atoms with van der Waals surface area (Å²) in [5.41, 5.74) is 0.588. The molecule has 0 bridgehead atoms. The molecule has 0 saturated carbocycles. The summed E-state index contributed by atoms with van der Waals surface area (Å²) in [5.74, 6) is 1.29. The molecule has 0 aliphatic rings. The normalized spacial score (nSPS) is 10.2. The lowest BCUT2D eigenvalue weighted by Crippen LogP contribution is -2.22. The van der Waals surface area contributed by atoms with Crippen LogP contribution in [0.25, 0.3) is 0 Å². The molecule has 0 fully saturated rings. The molecular weight excluding hydrogens is 294 g/mol. The lowest BCUT2D eigenvalue weighted by Gasteiger charge is -2.08. The zero-order valence-electron chi connectivity index (χ0n) is 11.9. The van der Waals surface area contributed by atoms with Gasteiger partial charge in [-0.15, -0.1) is 11.3 Å². The molecule has 2 aromatic carbocycles. The van der Waals surface area contributed by atoms with Crippen molar-refractivity contribution in [1.29, 1.82) is 0 Å². The Morgan fingerprint density at radius 1 is 0.955 bits per heavy atom. The Labute approximate surface area is 133 Å². The summed E-state index contributed by atoms with van der Waals surface area (Å²) in [6, 6.07) is 20.7. The summed E-state index contributed by atoms with van der Waals surface area (Å²) in [4.78, 5) is 13.3. The van der Waals surface area contributed by atoms with Crippen molar-refractivity contribution in [1.82, 2.24) is 5.32 Å². The minimum Gasteiger partial charge on any atom is -0.457 e. The highest BCUT2D eigenvalue weighted by Gasteiger charge is 2.07. The molecule has 0 unspecified atom stereocenters. The van der Waals surface area contributed by atoms with Gasteiger partial charge in [-0.2, -0.15) is 0 Å². The maximum Gasteiger partial charge on any atom is 0.251 e. The molecule has 0 aliphatic carbocycles. The van der Waals surface area contributed by atoms with Gasteiger partial charge in [0, 0.05) is 10.4 Å². The fraction of sp³-hybridized carbons (Fsp3) is 0.0556. The maximum absolute atomic E-state index is 12.2. The van der Waals surface area contributed by atoms with Gasteiger partial charge >= 0.3 is 0 Å². The second kappa shape index (κ2) is 6.91. The van der Waals surface area contributed by atoms with Crippen LogP contribution in [0, 0.1) is 0 Å². The third-order valence-corrected chi connectivity index (χ3v) is 3.95. The summed E-state index contributed by atoms with van der Waals surface area (Å²) >= 11 is 1.63. The van der Waals surface area contributed by atoms with E-state index in [9.17, 15) is 4.79 Å². The molecule has 1 aromatic heterocycles. The van der Waals surface area contributed by atoms with Crippen LogP contribution in [0.15, 0.2) is 72.1 Å². The van der Waals surface area contributed by atoms with E-state index in [2.05, 4.69) is 5.32 Å². The molecule has 1 N–H and O–H groups in total. The second-order valence-electron chi connectivity index (χ2n) is 4.70. The molecule has 0 spiro atoms. The van der Waals surface area contributed by atoms with E-state index in [-0.39, 0.29) is 5.91 Å². The van der Waals surface area contributed by atoms with Crippen LogP contribution >= 0.6 is 11.3 Å². The predicted molar refractivity (Wildman–Crippen MR) is 88.4 cm³/mol. The summed E-state index contributed by atoms with van der Waals surface area (Å²) in [5, 5.41) is 4.90. The summed E-state index contributed by atoms with van der Waals surface area (Å²) in [7, 11) is 0. The number of benzene rings is 2. The van der Waals surface area contributed by atoms with Crippen LogP contribution in [0.5, 0.6) is 11.5 Å². The first-order chi connectivity index (χ1) is 10.8. The Bertz CT molecular complexity index is 739. The standard InChI is InChI=1S/C18H15NO2S/c20-18(19-13-17-10-5-11-22-17)14-6-4-9-16(12-14)21-15-7-2-1-3-8-15/h1-12H,13H2,(H,19,20). The number of carbonyl (C=O) groups is 1. The number of thiophene rings is 1. The highest BCUT2D eigenvalue weighted by Crippen LogP contribution is 2.21. The molecule has 4 heteroatoms. The summed E-state index contributed by atoms with van der Waals surface area (Å²) in [6.07, 6.45) is 0. The highest BCUT2D eigenvalue weighted by atomic mass is 32.1. The maximum atomic E-state index is 12.2. The molecule has 3 aromatic rings. The van der Waals surface area contributed by atoms with E-state index in [1.807, 2.05) is 60.0 Å². The Morgan fingerprint density at radius 2 is 1.77 bits per heavy atom. The Kier molecular flexibility index (Phi) is 4.51. The summed E-state index contributed by atoms with van der Waals surface area (Å²) < 4.78 is 5.74. The van der Waals surface area contributed by atoms with Gasteiger partial charge in [0.25, 0.3) is 5.91 Å². The van der Waals surface area contributed by atoms with Crippen LogP contribution < -0.4 is 10.1 Å². The first-order valence-corrected chi connectivity index (χ1v) is 7.83. The second-order valence-corrected chi connectivity index (χ2v) is 5.74. The van der Waals surface area contributed by atoms with E-state index >= 15 is 0 Å². The van der Waals surface area contributed by atoms with Crippen molar-refractivity contribution < 1.29 is 9.53 Å². The van der Waals surface area contributed by atoms with Gasteiger partial charge in [0.1, 0.15) is 11.5 Å². The molecule has 0 radical (unpaired) electrons. The SMILES string of the molecule is O=C(NCc1cccs1)c1cccc(Oc2ccccc2)c1. The highest BCUT2D eigenvalue weighted by molar-refractivity contribution is 7.09. The zero-order chi connectivity index (χ0) is 15.2. The number of ether oxygens (including phenoxy) is 1. The Hall–Kier alpha value is -2.59. The van der Waals surface area contributed by atoms with Gasteiger partial charge < -0.3 is 10.1 Å². The van der Waals surface area contributed by atoms with Crippen LogP contribution in [-0.2, 0) is 6.54 Å². The quantitative estimate of drug-likeness (QED) is 0.755.